The van der Waals surface area contributed by atoms with Crippen LogP contribution in [0.15, 0.2) is 46.0 Å². The molecule has 134 valence electrons. The van der Waals surface area contributed by atoms with Gasteiger partial charge in [0.15, 0.2) is 5.96 Å². The minimum atomic E-state index is -0.0797. The SMILES string of the molecule is CN=C(NCCC(=O)Nc1cccc(Cl)c1C)NCCc1ccco1. The lowest BCUT2D eigenvalue weighted by Crippen LogP contribution is -2.39. The summed E-state index contributed by atoms with van der Waals surface area (Å²) in [6.07, 6.45) is 2.75. The van der Waals surface area contributed by atoms with Gasteiger partial charge in [-0.25, -0.2) is 0 Å². The van der Waals surface area contributed by atoms with Gasteiger partial charge in [0.25, 0.3) is 0 Å². The predicted molar refractivity (Wildman–Crippen MR) is 101 cm³/mol. The number of hydrogen-bond donors (Lipinski definition) is 3. The molecule has 0 saturated carbocycles. The molecule has 0 spiro atoms. The van der Waals surface area contributed by atoms with Crippen LogP contribution in [0.3, 0.4) is 0 Å². The monoisotopic (exact) mass is 362 g/mol. The molecule has 0 atom stereocenters. The summed E-state index contributed by atoms with van der Waals surface area (Å²) in [5.41, 5.74) is 1.60. The van der Waals surface area contributed by atoms with Crippen LogP contribution in [0.4, 0.5) is 5.69 Å². The molecule has 7 heteroatoms. The number of carbonyl (C=O) groups is 1. The van der Waals surface area contributed by atoms with E-state index in [1.807, 2.05) is 31.2 Å². The van der Waals surface area contributed by atoms with Crippen LogP contribution in [0.2, 0.25) is 5.02 Å². The summed E-state index contributed by atoms with van der Waals surface area (Å²) in [6.45, 7) is 3.05. The number of furan rings is 1. The zero-order valence-corrected chi connectivity index (χ0v) is 15.2. The zero-order chi connectivity index (χ0) is 18.1. The van der Waals surface area contributed by atoms with Crippen LogP contribution in [0, 0.1) is 6.92 Å². The fourth-order valence-corrected chi connectivity index (χ4v) is 2.40. The second-order valence-corrected chi connectivity index (χ2v) is 5.87. The molecule has 3 N–H and O–H groups in total. The molecule has 0 saturated heterocycles. The molecule has 2 rings (SSSR count). The molecule has 6 nitrogen and oxygen atoms in total. The molecular formula is C18H23ClN4O2. The molecule has 0 radical (unpaired) electrons. The summed E-state index contributed by atoms with van der Waals surface area (Å²) >= 11 is 6.05. The average Bonchev–Trinajstić information content (AvgIpc) is 3.11. The van der Waals surface area contributed by atoms with Gasteiger partial charge in [0.2, 0.25) is 5.91 Å². The maximum absolute atomic E-state index is 12.0. The topological polar surface area (TPSA) is 78.7 Å². The van der Waals surface area contributed by atoms with Crippen molar-refractivity contribution >= 4 is 29.2 Å². The largest absolute Gasteiger partial charge is 0.469 e. The van der Waals surface area contributed by atoms with Crippen molar-refractivity contribution in [3.8, 4) is 0 Å². The number of guanidine groups is 1. The Bertz CT molecular complexity index is 714. The van der Waals surface area contributed by atoms with Crippen LogP contribution in [-0.4, -0.2) is 32.0 Å². The number of nitrogens with one attached hydrogen (secondary N) is 3. The maximum atomic E-state index is 12.0. The number of aliphatic imine (C=N–C) groups is 1. The highest BCUT2D eigenvalue weighted by molar-refractivity contribution is 6.31. The Morgan fingerprint density at radius 1 is 1.20 bits per heavy atom. The summed E-state index contributed by atoms with van der Waals surface area (Å²) in [5.74, 6) is 1.49. The van der Waals surface area contributed by atoms with Crippen molar-refractivity contribution < 1.29 is 9.21 Å². The molecule has 0 fully saturated rings. The fraction of sp³-hybridized carbons (Fsp3) is 0.333. The molecule has 25 heavy (non-hydrogen) atoms. The zero-order valence-electron chi connectivity index (χ0n) is 14.4. The number of carbonyl (C=O) groups excluding carboxylic acids is 1. The van der Waals surface area contributed by atoms with Gasteiger partial charge in [0.05, 0.1) is 6.26 Å². The Kier molecular flexibility index (Phi) is 7.35. The van der Waals surface area contributed by atoms with Gasteiger partial charge in [0.1, 0.15) is 5.76 Å². The van der Waals surface area contributed by atoms with Crippen molar-refractivity contribution in [2.75, 3.05) is 25.5 Å². The Morgan fingerprint density at radius 2 is 2.00 bits per heavy atom. The Balaban J connectivity index is 1.69. The van der Waals surface area contributed by atoms with Gasteiger partial charge in [0, 0.05) is 43.7 Å². The standard InChI is InChI=1S/C18H23ClN4O2/c1-13-15(19)6-3-7-16(13)23-17(24)9-11-22-18(20-2)21-10-8-14-5-4-12-25-14/h3-7,12H,8-11H2,1-2H3,(H,23,24)(H2,20,21,22). The van der Waals surface area contributed by atoms with E-state index in [4.69, 9.17) is 16.0 Å². The third-order valence-electron chi connectivity index (χ3n) is 3.65. The Morgan fingerprint density at radius 3 is 2.72 bits per heavy atom. The number of amides is 1. The van der Waals surface area contributed by atoms with Crippen LogP contribution in [-0.2, 0) is 11.2 Å². The molecule has 0 bridgehead atoms. The molecule has 1 heterocycles. The first kappa shape index (κ1) is 18.9. The van der Waals surface area contributed by atoms with Crippen molar-refractivity contribution in [2.45, 2.75) is 19.8 Å². The lowest BCUT2D eigenvalue weighted by atomic mass is 10.2. The van der Waals surface area contributed by atoms with Crippen molar-refractivity contribution in [2.24, 2.45) is 4.99 Å². The molecule has 0 aliphatic rings. The van der Waals surface area contributed by atoms with E-state index in [9.17, 15) is 4.79 Å². The van der Waals surface area contributed by atoms with Crippen molar-refractivity contribution in [3.05, 3.63) is 52.9 Å². The summed E-state index contributed by atoms with van der Waals surface area (Å²) < 4.78 is 5.27. The normalized spacial score (nSPS) is 11.2. The first-order valence-corrected chi connectivity index (χ1v) is 8.50. The number of nitrogens with zero attached hydrogens (tertiary/aromatic N) is 1. The van der Waals surface area contributed by atoms with E-state index in [-0.39, 0.29) is 5.91 Å². The van der Waals surface area contributed by atoms with Gasteiger partial charge in [-0.15, -0.1) is 0 Å². The van der Waals surface area contributed by atoms with Crippen LogP contribution in [0.5, 0.6) is 0 Å². The molecular weight excluding hydrogens is 340 g/mol. The number of halogens is 1. The molecule has 0 aliphatic carbocycles. The summed E-state index contributed by atoms with van der Waals surface area (Å²) in [6, 6.07) is 9.24. The highest BCUT2D eigenvalue weighted by Gasteiger charge is 2.07. The number of benzene rings is 1. The molecule has 2 aromatic rings. The minimum Gasteiger partial charge on any atom is -0.469 e. The Labute approximate surface area is 152 Å². The summed E-state index contributed by atoms with van der Waals surface area (Å²) in [7, 11) is 1.69. The minimum absolute atomic E-state index is 0.0797. The molecule has 1 aromatic heterocycles. The van der Waals surface area contributed by atoms with Gasteiger partial charge < -0.3 is 20.4 Å². The number of rotatable bonds is 7. The second-order valence-electron chi connectivity index (χ2n) is 5.47. The van der Waals surface area contributed by atoms with Crippen LogP contribution < -0.4 is 16.0 Å². The lowest BCUT2D eigenvalue weighted by Gasteiger charge is -2.12. The van der Waals surface area contributed by atoms with E-state index >= 15 is 0 Å². The van der Waals surface area contributed by atoms with Crippen molar-refractivity contribution in [3.63, 3.8) is 0 Å². The van der Waals surface area contributed by atoms with Crippen molar-refractivity contribution in [1.29, 1.82) is 0 Å². The van der Waals surface area contributed by atoms with Crippen molar-refractivity contribution in [1.82, 2.24) is 10.6 Å². The molecule has 1 aromatic carbocycles. The van der Waals surface area contributed by atoms with Crippen LogP contribution in [0.25, 0.3) is 0 Å². The Hall–Kier alpha value is -2.47. The third kappa shape index (κ3) is 6.15. The van der Waals surface area contributed by atoms with Gasteiger partial charge in [-0.1, -0.05) is 17.7 Å². The number of anilines is 1. The van der Waals surface area contributed by atoms with Gasteiger partial charge in [-0.3, -0.25) is 9.79 Å². The van der Waals surface area contributed by atoms with E-state index in [1.54, 1.807) is 19.4 Å². The smallest absolute Gasteiger partial charge is 0.226 e. The molecule has 0 aliphatic heterocycles. The number of hydrogen-bond acceptors (Lipinski definition) is 3. The van der Waals surface area contributed by atoms with E-state index in [2.05, 4.69) is 20.9 Å². The first-order valence-electron chi connectivity index (χ1n) is 8.12. The highest BCUT2D eigenvalue weighted by Crippen LogP contribution is 2.22. The van der Waals surface area contributed by atoms with Gasteiger partial charge >= 0.3 is 0 Å². The predicted octanol–water partition coefficient (Wildman–Crippen LogP) is 2.98. The van der Waals surface area contributed by atoms with Crippen LogP contribution >= 0.6 is 11.6 Å². The van der Waals surface area contributed by atoms with E-state index in [1.165, 1.54) is 0 Å². The summed E-state index contributed by atoms with van der Waals surface area (Å²) in [4.78, 5) is 16.2. The highest BCUT2D eigenvalue weighted by atomic mass is 35.5. The van der Waals surface area contributed by atoms with Crippen LogP contribution in [0.1, 0.15) is 17.7 Å². The first-order chi connectivity index (χ1) is 12.1. The van der Waals surface area contributed by atoms with E-state index < -0.39 is 0 Å². The average molecular weight is 363 g/mol. The third-order valence-corrected chi connectivity index (χ3v) is 4.06. The lowest BCUT2D eigenvalue weighted by molar-refractivity contribution is -0.116. The van der Waals surface area contributed by atoms with E-state index in [0.29, 0.717) is 30.5 Å². The maximum Gasteiger partial charge on any atom is 0.226 e. The summed E-state index contributed by atoms with van der Waals surface area (Å²) in [5, 5.41) is 9.80. The van der Waals surface area contributed by atoms with Gasteiger partial charge in [-0.05, 0) is 36.8 Å². The van der Waals surface area contributed by atoms with E-state index in [0.717, 1.165) is 23.4 Å². The molecule has 0 unspecified atom stereocenters. The quantitative estimate of drug-likeness (QED) is 0.522. The second kappa shape index (κ2) is 9.74. The fourth-order valence-electron chi connectivity index (χ4n) is 2.23. The molecule has 1 amide bonds. The van der Waals surface area contributed by atoms with Gasteiger partial charge in [-0.2, -0.15) is 0 Å².